The van der Waals surface area contributed by atoms with Gasteiger partial charge in [0.1, 0.15) is 12.1 Å². The van der Waals surface area contributed by atoms with Crippen molar-refractivity contribution < 1.29 is 38.2 Å². The molecule has 14 heteroatoms. The van der Waals surface area contributed by atoms with Gasteiger partial charge in [-0.25, -0.2) is 9.59 Å². The first-order valence-electron chi connectivity index (χ1n) is 18.1. The Labute approximate surface area is 322 Å². The third-order valence-electron chi connectivity index (χ3n) is 9.27. The van der Waals surface area contributed by atoms with Crippen molar-refractivity contribution in [3.63, 3.8) is 0 Å². The fourth-order valence-corrected chi connectivity index (χ4v) is 7.38. The molecule has 282 valence electrons. The molecule has 2 aliphatic heterocycles. The predicted octanol–water partition coefficient (Wildman–Crippen LogP) is 7.20. The van der Waals surface area contributed by atoms with Gasteiger partial charge in [-0.15, -0.1) is 0 Å². The first kappa shape index (κ1) is 41.0. The van der Waals surface area contributed by atoms with Crippen LogP contribution in [0.4, 0.5) is 9.59 Å². The first-order valence-corrected chi connectivity index (χ1v) is 19.7. The molecule has 0 aromatic heterocycles. The number of ether oxygens (including phenoxy) is 2. The second kappa shape index (κ2) is 20.5. The Balaban J connectivity index is 1.25. The van der Waals surface area contributed by atoms with Crippen LogP contribution in [0.15, 0.2) is 57.5 Å². The topological polar surface area (TPSA) is 134 Å². The van der Waals surface area contributed by atoms with Crippen LogP contribution in [0.25, 0.3) is 0 Å². The Hall–Kier alpha value is -3.78. The number of unbranched alkanes of at least 4 members (excludes halogenated alkanes) is 5. The third kappa shape index (κ3) is 10.9. The van der Waals surface area contributed by atoms with E-state index in [4.69, 9.17) is 9.47 Å². The van der Waals surface area contributed by atoms with E-state index >= 15 is 0 Å². The molecule has 12 nitrogen and oxygen atoms in total. The zero-order chi connectivity index (χ0) is 37.6. The van der Waals surface area contributed by atoms with Crippen LogP contribution in [0.5, 0.6) is 0 Å². The Bertz CT molecular complexity index is 1470. The molecule has 0 saturated carbocycles. The van der Waals surface area contributed by atoms with Crippen LogP contribution in [0, 0.1) is 0 Å². The fourth-order valence-electron chi connectivity index (χ4n) is 6.56. The Morgan fingerprint density at radius 3 is 1.33 bits per heavy atom. The molecule has 2 aromatic rings. The van der Waals surface area contributed by atoms with Gasteiger partial charge in [0.25, 0.3) is 11.8 Å². The number of amides is 6. The van der Waals surface area contributed by atoms with E-state index in [0.717, 1.165) is 45.8 Å². The van der Waals surface area contributed by atoms with Crippen LogP contribution in [0.1, 0.15) is 89.2 Å². The standard InChI is InChI=1S/C38H48Br2N4O8/c1-3-51-33(45)21-19-31-35(47)41(37(49)43(31)25-27-15-9-11-17-29(27)39)23-13-7-5-6-8-14-24-42-36(48)32(20-22-34(46)52-4-2)44(38(42)50)26-28-16-10-12-18-30(28)40/h9-12,15-18,31-32H,3-8,13-14,19-26H2,1-2H3. The summed E-state index contributed by atoms with van der Waals surface area (Å²) >= 11 is 7.06. The molecule has 0 spiro atoms. The second-order valence-electron chi connectivity index (χ2n) is 12.8. The van der Waals surface area contributed by atoms with E-state index in [0.29, 0.717) is 12.8 Å². The highest BCUT2D eigenvalue weighted by Crippen LogP contribution is 2.29. The van der Waals surface area contributed by atoms with Gasteiger partial charge in [-0.1, -0.05) is 93.9 Å². The Morgan fingerprint density at radius 2 is 0.962 bits per heavy atom. The van der Waals surface area contributed by atoms with E-state index in [9.17, 15) is 28.8 Å². The summed E-state index contributed by atoms with van der Waals surface area (Å²) in [6.45, 7) is 5.02. The molecule has 4 rings (SSSR count). The van der Waals surface area contributed by atoms with Gasteiger partial charge >= 0.3 is 24.0 Å². The predicted molar refractivity (Wildman–Crippen MR) is 201 cm³/mol. The summed E-state index contributed by atoms with van der Waals surface area (Å²) in [6.07, 6.45) is 5.08. The van der Waals surface area contributed by atoms with Crippen LogP contribution >= 0.6 is 31.9 Å². The van der Waals surface area contributed by atoms with Gasteiger partial charge in [0.05, 0.1) is 13.2 Å². The highest BCUT2D eigenvalue weighted by molar-refractivity contribution is 9.10. The average molecular weight is 849 g/mol. The highest BCUT2D eigenvalue weighted by Gasteiger charge is 2.46. The summed E-state index contributed by atoms with van der Waals surface area (Å²) in [7, 11) is 0. The smallest absolute Gasteiger partial charge is 0.327 e. The van der Waals surface area contributed by atoms with Gasteiger partial charge in [-0.2, -0.15) is 0 Å². The van der Waals surface area contributed by atoms with Crippen molar-refractivity contribution in [3.8, 4) is 0 Å². The zero-order valence-electron chi connectivity index (χ0n) is 29.9. The number of rotatable bonds is 21. The van der Waals surface area contributed by atoms with Crippen LogP contribution < -0.4 is 0 Å². The second-order valence-corrected chi connectivity index (χ2v) is 14.5. The summed E-state index contributed by atoms with van der Waals surface area (Å²) < 4.78 is 11.8. The summed E-state index contributed by atoms with van der Waals surface area (Å²) in [5, 5.41) is 0. The van der Waals surface area contributed by atoms with E-state index in [2.05, 4.69) is 31.9 Å². The molecular formula is C38H48Br2N4O8. The first-order chi connectivity index (χ1) is 25.1. The summed E-state index contributed by atoms with van der Waals surface area (Å²) in [5.74, 6) is -1.38. The summed E-state index contributed by atoms with van der Waals surface area (Å²) in [6, 6.07) is 12.9. The maximum Gasteiger partial charge on any atom is 0.327 e. The molecule has 2 heterocycles. The molecule has 0 aliphatic carbocycles. The molecule has 0 radical (unpaired) electrons. The van der Waals surface area contributed by atoms with E-state index in [1.807, 2.05) is 48.5 Å². The number of halogens is 2. The van der Waals surface area contributed by atoms with Gasteiger partial charge in [0, 0.05) is 48.0 Å². The van der Waals surface area contributed by atoms with Gasteiger partial charge in [0.15, 0.2) is 0 Å². The minimum Gasteiger partial charge on any atom is -0.466 e. The van der Waals surface area contributed by atoms with Crippen molar-refractivity contribution in [2.75, 3.05) is 26.3 Å². The van der Waals surface area contributed by atoms with Crippen molar-refractivity contribution in [2.45, 2.75) is 103 Å². The van der Waals surface area contributed by atoms with Crippen LogP contribution in [-0.2, 0) is 41.7 Å². The number of carbonyl (C=O) groups excluding carboxylic acids is 6. The monoisotopic (exact) mass is 846 g/mol. The number of benzene rings is 2. The normalized spacial score (nSPS) is 17.5. The minimum atomic E-state index is -0.741. The number of carbonyl (C=O) groups is 6. The molecule has 0 bridgehead atoms. The van der Waals surface area contributed by atoms with Gasteiger partial charge < -0.3 is 19.3 Å². The van der Waals surface area contributed by atoms with Gasteiger partial charge in [-0.3, -0.25) is 29.0 Å². The molecule has 2 atom stereocenters. The maximum atomic E-state index is 13.5. The SMILES string of the molecule is CCOC(=O)CCC1C(=O)N(CCCCCCCCN2C(=O)C(CCC(=O)OCC)N(Cc3ccccc3Br)C2=O)C(=O)N1Cc1ccccc1Br. The fraction of sp³-hybridized carbons (Fsp3) is 0.526. The quantitative estimate of drug-likeness (QED) is 0.0732. The van der Waals surface area contributed by atoms with E-state index in [1.54, 1.807) is 23.6 Å². The molecule has 2 saturated heterocycles. The van der Waals surface area contributed by atoms with Gasteiger partial charge in [0.2, 0.25) is 0 Å². The molecular weight excluding hydrogens is 800 g/mol. The van der Waals surface area contributed by atoms with Crippen molar-refractivity contribution >= 4 is 67.7 Å². The number of urea groups is 2. The number of imide groups is 2. The molecule has 2 fully saturated rings. The van der Waals surface area contributed by atoms with Crippen LogP contribution in [-0.4, -0.2) is 93.8 Å². The third-order valence-corrected chi connectivity index (χ3v) is 10.8. The molecule has 52 heavy (non-hydrogen) atoms. The number of nitrogens with zero attached hydrogens (tertiary/aromatic N) is 4. The van der Waals surface area contributed by atoms with E-state index in [-0.39, 0.29) is 89.0 Å². The van der Waals surface area contributed by atoms with E-state index in [1.165, 1.54) is 9.80 Å². The number of hydrogen-bond acceptors (Lipinski definition) is 8. The lowest BCUT2D eigenvalue weighted by molar-refractivity contribution is -0.144. The van der Waals surface area contributed by atoms with Crippen LogP contribution in [0.2, 0.25) is 0 Å². The zero-order valence-corrected chi connectivity index (χ0v) is 33.1. The molecule has 0 N–H and O–H groups in total. The average Bonchev–Trinajstić information content (AvgIpc) is 3.47. The summed E-state index contributed by atoms with van der Waals surface area (Å²) in [4.78, 5) is 83.7. The Morgan fingerprint density at radius 1 is 0.596 bits per heavy atom. The largest absolute Gasteiger partial charge is 0.466 e. The molecule has 2 aliphatic rings. The Kier molecular flexibility index (Phi) is 16.1. The molecule has 6 amide bonds. The maximum absolute atomic E-state index is 13.5. The molecule has 2 unspecified atom stereocenters. The minimum absolute atomic E-state index is 0.0452. The van der Waals surface area contributed by atoms with E-state index < -0.39 is 24.0 Å². The number of hydrogen-bond donors (Lipinski definition) is 0. The lowest BCUT2D eigenvalue weighted by Crippen LogP contribution is -2.35. The van der Waals surface area contributed by atoms with Crippen molar-refractivity contribution in [1.82, 2.24) is 19.6 Å². The lowest BCUT2D eigenvalue weighted by Gasteiger charge is -2.22. The number of esters is 2. The summed E-state index contributed by atoms with van der Waals surface area (Å²) in [5.41, 5.74) is 1.74. The van der Waals surface area contributed by atoms with Crippen molar-refractivity contribution in [3.05, 3.63) is 68.6 Å². The molecule has 2 aromatic carbocycles. The van der Waals surface area contributed by atoms with Crippen molar-refractivity contribution in [1.29, 1.82) is 0 Å². The van der Waals surface area contributed by atoms with Crippen LogP contribution in [0.3, 0.4) is 0 Å². The van der Waals surface area contributed by atoms with Gasteiger partial charge in [-0.05, 0) is 62.8 Å². The highest BCUT2D eigenvalue weighted by atomic mass is 79.9. The van der Waals surface area contributed by atoms with Crippen molar-refractivity contribution in [2.24, 2.45) is 0 Å². The lowest BCUT2D eigenvalue weighted by atomic mass is 10.1.